The van der Waals surface area contributed by atoms with Crippen LogP contribution >= 0.6 is 27.5 Å². The molecule has 1 unspecified atom stereocenters. The second-order valence-electron chi connectivity index (χ2n) is 4.74. The normalized spacial score (nSPS) is 12.6. The lowest BCUT2D eigenvalue weighted by atomic mass is 10.0. The fraction of sp³-hybridized carbons (Fsp3) is 0.0588. The van der Waals surface area contributed by atoms with Crippen LogP contribution in [-0.4, -0.2) is 10.8 Å². The van der Waals surface area contributed by atoms with Crippen LogP contribution < -0.4 is 0 Å². The first-order valence-electron chi connectivity index (χ1n) is 6.38. The summed E-state index contributed by atoms with van der Waals surface area (Å²) in [5, 5.41) is 2.74. The van der Waals surface area contributed by atoms with Gasteiger partial charge in [-0.15, -0.1) is 0 Å². The van der Waals surface area contributed by atoms with Gasteiger partial charge in [-0.3, -0.25) is 0 Å². The molecule has 0 bridgehead atoms. The molecule has 1 nitrogen and oxygen atoms in total. The van der Waals surface area contributed by atoms with Crippen LogP contribution in [0.1, 0.15) is 0 Å². The summed E-state index contributed by atoms with van der Waals surface area (Å²) >= 11 is 8.68. The molecule has 0 aliphatic carbocycles. The van der Waals surface area contributed by atoms with E-state index in [1.54, 1.807) is 6.26 Å². The van der Waals surface area contributed by atoms with Gasteiger partial charge in [-0.2, -0.15) is 0 Å². The summed E-state index contributed by atoms with van der Waals surface area (Å²) in [4.78, 5) is 0.831. The summed E-state index contributed by atoms with van der Waals surface area (Å²) in [7, 11) is 0. The molecule has 4 heteroatoms. The first-order valence-corrected chi connectivity index (χ1v) is 9.11. The van der Waals surface area contributed by atoms with Crippen LogP contribution in [0.4, 0.5) is 0 Å². The molecule has 3 aromatic rings. The van der Waals surface area contributed by atoms with E-state index in [4.69, 9.17) is 11.6 Å². The quantitative estimate of drug-likeness (QED) is 0.527. The molecule has 21 heavy (non-hydrogen) atoms. The lowest BCUT2D eigenvalue weighted by Gasteiger charge is -2.14. The molecular weight excluding hydrogens is 368 g/mol. The highest BCUT2D eigenvalue weighted by Crippen LogP contribution is 2.38. The van der Waals surface area contributed by atoms with Gasteiger partial charge in [0.25, 0.3) is 0 Å². The Morgan fingerprint density at radius 1 is 1.00 bits per heavy atom. The maximum absolute atomic E-state index is 12.3. The standard InChI is InChI=1S/C17H12BrClOS/c1-21(20)17-13-5-3-2-4-11(13)6-8-15(17)14-9-7-12(18)10-16(14)19/h2-10H,1H3. The Morgan fingerprint density at radius 3 is 2.43 bits per heavy atom. The van der Waals surface area contributed by atoms with Crippen molar-refractivity contribution in [2.45, 2.75) is 4.90 Å². The minimum absolute atomic E-state index is 0.645. The Kier molecular flexibility index (Phi) is 4.27. The van der Waals surface area contributed by atoms with Crippen molar-refractivity contribution in [1.29, 1.82) is 0 Å². The van der Waals surface area contributed by atoms with Crippen molar-refractivity contribution in [2.75, 3.05) is 6.26 Å². The Hall–Kier alpha value is -1.00. The summed E-state index contributed by atoms with van der Waals surface area (Å²) in [6.07, 6.45) is 1.71. The number of halogens is 2. The van der Waals surface area contributed by atoms with Crippen LogP contribution in [0.2, 0.25) is 5.02 Å². The summed E-state index contributed by atoms with van der Waals surface area (Å²) in [5.41, 5.74) is 1.82. The van der Waals surface area contributed by atoms with E-state index in [-0.39, 0.29) is 0 Å². The molecule has 0 aliphatic rings. The van der Waals surface area contributed by atoms with Crippen LogP contribution in [0.25, 0.3) is 21.9 Å². The fourth-order valence-corrected chi connectivity index (χ4v) is 4.23. The molecule has 0 amide bonds. The molecule has 0 aromatic heterocycles. The zero-order valence-electron chi connectivity index (χ0n) is 11.3. The van der Waals surface area contributed by atoms with Crippen molar-refractivity contribution in [3.63, 3.8) is 0 Å². The number of rotatable bonds is 2. The van der Waals surface area contributed by atoms with Gasteiger partial charge in [0.1, 0.15) is 6.26 Å². The van der Waals surface area contributed by atoms with Gasteiger partial charge in [0, 0.05) is 26.0 Å². The van der Waals surface area contributed by atoms with Gasteiger partial charge < -0.3 is 4.55 Å². The van der Waals surface area contributed by atoms with Gasteiger partial charge in [-0.05, 0) is 40.8 Å². The smallest absolute Gasteiger partial charge is 0.168 e. The highest BCUT2D eigenvalue weighted by atomic mass is 79.9. The monoisotopic (exact) mass is 378 g/mol. The highest BCUT2D eigenvalue weighted by molar-refractivity contribution is 9.10. The molecule has 0 radical (unpaired) electrons. The first kappa shape index (κ1) is 14.9. The van der Waals surface area contributed by atoms with Gasteiger partial charge in [-0.1, -0.05) is 57.9 Å². The second kappa shape index (κ2) is 6.01. The van der Waals surface area contributed by atoms with Crippen molar-refractivity contribution >= 4 is 49.5 Å². The van der Waals surface area contributed by atoms with E-state index in [1.165, 1.54) is 0 Å². The number of hydrogen-bond acceptors (Lipinski definition) is 1. The molecular formula is C17H12BrClOS. The summed E-state index contributed by atoms with van der Waals surface area (Å²) < 4.78 is 13.2. The van der Waals surface area contributed by atoms with Crippen molar-refractivity contribution in [1.82, 2.24) is 0 Å². The molecule has 0 saturated carbocycles. The minimum atomic E-state index is -1.10. The van der Waals surface area contributed by atoms with Crippen molar-refractivity contribution < 1.29 is 4.55 Å². The predicted molar refractivity (Wildman–Crippen MR) is 94.4 cm³/mol. The molecule has 0 spiro atoms. The van der Waals surface area contributed by atoms with E-state index in [2.05, 4.69) is 15.9 Å². The summed E-state index contributed by atoms with van der Waals surface area (Å²) in [6.45, 7) is 0. The largest absolute Gasteiger partial charge is 0.612 e. The second-order valence-corrected chi connectivity index (χ2v) is 7.38. The third-order valence-corrected chi connectivity index (χ3v) is 5.21. The van der Waals surface area contributed by atoms with E-state index in [1.807, 2.05) is 54.6 Å². The SMILES string of the molecule is C[S+]([O-])c1c(-c2ccc(Br)cc2Cl)ccc2ccccc12. The summed E-state index contributed by atoms with van der Waals surface area (Å²) in [5.74, 6) is 0. The Labute approximate surface area is 140 Å². The van der Waals surface area contributed by atoms with Crippen molar-refractivity contribution in [3.05, 3.63) is 64.1 Å². The van der Waals surface area contributed by atoms with E-state index in [9.17, 15) is 4.55 Å². The predicted octanol–water partition coefficient (Wildman–Crippen LogP) is 5.66. The minimum Gasteiger partial charge on any atom is -0.612 e. The molecule has 1 atom stereocenters. The van der Waals surface area contributed by atoms with Crippen molar-refractivity contribution in [3.8, 4) is 11.1 Å². The molecule has 0 aliphatic heterocycles. The maximum Gasteiger partial charge on any atom is 0.168 e. The topological polar surface area (TPSA) is 23.1 Å². The lowest BCUT2D eigenvalue weighted by Crippen LogP contribution is -2.01. The first-order chi connectivity index (χ1) is 10.1. The van der Waals surface area contributed by atoms with Crippen molar-refractivity contribution in [2.24, 2.45) is 0 Å². The average Bonchev–Trinajstić information content (AvgIpc) is 2.46. The molecule has 3 aromatic carbocycles. The highest BCUT2D eigenvalue weighted by Gasteiger charge is 2.19. The lowest BCUT2D eigenvalue weighted by molar-refractivity contribution is 0.602. The van der Waals surface area contributed by atoms with Crippen LogP contribution in [0.3, 0.4) is 0 Å². The van der Waals surface area contributed by atoms with Gasteiger partial charge in [0.2, 0.25) is 0 Å². The van der Waals surface area contributed by atoms with E-state index >= 15 is 0 Å². The molecule has 0 fully saturated rings. The van der Waals surface area contributed by atoms with Gasteiger partial charge in [0.05, 0.1) is 0 Å². The third-order valence-electron chi connectivity index (χ3n) is 3.39. The Balaban J connectivity index is 2.34. The van der Waals surface area contributed by atoms with Crippen LogP contribution in [0.15, 0.2) is 64.0 Å². The molecule has 106 valence electrons. The molecule has 0 heterocycles. The molecule has 0 saturated heterocycles. The van der Waals surface area contributed by atoms with Gasteiger partial charge >= 0.3 is 0 Å². The Bertz CT molecular complexity index is 817. The van der Waals surface area contributed by atoms with E-state index in [0.717, 1.165) is 31.3 Å². The average molecular weight is 380 g/mol. The fourth-order valence-electron chi connectivity index (χ4n) is 2.47. The zero-order valence-corrected chi connectivity index (χ0v) is 14.4. The molecule has 3 rings (SSSR count). The van der Waals surface area contributed by atoms with E-state index < -0.39 is 11.2 Å². The summed E-state index contributed by atoms with van der Waals surface area (Å²) in [6, 6.07) is 17.8. The van der Waals surface area contributed by atoms with Gasteiger partial charge in [-0.25, -0.2) is 0 Å². The zero-order chi connectivity index (χ0) is 15.0. The number of hydrogen-bond donors (Lipinski definition) is 0. The molecule has 0 N–H and O–H groups in total. The number of fused-ring (bicyclic) bond motifs is 1. The van der Waals surface area contributed by atoms with Crippen LogP contribution in [0.5, 0.6) is 0 Å². The third kappa shape index (κ3) is 2.84. The van der Waals surface area contributed by atoms with Crippen LogP contribution in [0, 0.1) is 0 Å². The van der Waals surface area contributed by atoms with Gasteiger partial charge in [0.15, 0.2) is 4.90 Å². The Morgan fingerprint density at radius 2 is 1.71 bits per heavy atom. The number of benzene rings is 3. The van der Waals surface area contributed by atoms with E-state index in [0.29, 0.717) is 5.02 Å². The maximum atomic E-state index is 12.3. The van der Waals surface area contributed by atoms with Crippen LogP contribution in [-0.2, 0) is 11.2 Å².